The Bertz CT molecular complexity index is 1450. The van der Waals surface area contributed by atoms with Gasteiger partial charge < -0.3 is 55.4 Å². The Morgan fingerprint density at radius 1 is 0.814 bits per heavy atom. The van der Waals surface area contributed by atoms with E-state index in [9.17, 15) is 33.6 Å². The van der Waals surface area contributed by atoms with Crippen molar-refractivity contribution in [1.29, 1.82) is 0 Å². The van der Waals surface area contributed by atoms with E-state index in [2.05, 4.69) is 26.7 Å². The van der Waals surface area contributed by atoms with Crippen LogP contribution in [0.15, 0.2) is 30.3 Å². The van der Waals surface area contributed by atoms with Gasteiger partial charge in [-0.25, -0.2) is 14.4 Å². The Morgan fingerprint density at radius 3 is 2.10 bits per heavy atom. The van der Waals surface area contributed by atoms with Crippen molar-refractivity contribution in [3.05, 3.63) is 35.9 Å². The Morgan fingerprint density at radius 2 is 1.46 bits per heavy atom. The van der Waals surface area contributed by atoms with Crippen LogP contribution in [0.1, 0.15) is 79.2 Å². The molecule has 0 radical (unpaired) electrons. The Balaban J connectivity index is 2.87. The van der Waals surface area contributed by atoms with Gasteiger partial charge >= 0.3 is 18.1 Å². The fourth-order valence-corrected chi connectivity index (χ4v) is 4.78. The topological polar surface area (TPSA) is 264 Å². The summed E-state index contributed by atoms with van der Waals surface area (Å²) in [5.41, 5.74) is 7.95. The lowest BCUT2D eigenvalue weighted by Crippen LogP contribution is -2.61. The molecule has 334 valence electrons. The summed E-state index contributed by atoms with van der Waals surface area (Å²) in [7, 11) is 1.17. The van der Waals surface area contributed by atoms with Gasteiger partial charge in [0.2, 0.25) is 11.8 Å². The Labute approximate surface area is 346 Å². The number of hydrazine groups is 1. The second kappa shape index (κ2) is 29.2. The first kappa shape index (κ1) is 52.0. The van der Waals surface area contributed by atoms with Gasteiger partial charge in [-0.1, -0.05) is 57.0 Å². The molecular formula is C39H65N7O13. The lowest BCUT2D eigenvalue weighted by molar-refractivity contribution is -0.147. The molecule has 1 aromatic rings. The zero-order valence-corrected chi connectivity index (χ0v) is 35.4. The molecule has 20 nitrogen and oxygen atoms in total. The number of carbonyl (C=O) groups excluding carboxylic acids is 7. The van der Waals surface area contributed by atoms with Crippen molar-refractivity contribution >= 4 is 41.7 Å². The van der Waals surface area contributed by atoms with Crippen LogP contribution in [0.4, 0.5) is 9.59 Å². The van der Waals surface area contributed by atoms with Gasteiger partial charge in [-0.05, 0) is 46.1 Å². The van der Waals surface area contributed by atoms with Crippen LogP contribution >= 0.6 is 0 Å². The predicted molar refractivity (Wildman–Crippen MR) is 214 cm³/mol. The van der Waals surface area contributed by atoms with Gasteiger partial charge in [-0.3, -0.25) is 29.6 Å². The number of nitrogens with zero attached hydrogens (tertiary/aromatic N) is 1. The van der Waals surface area contributed by atoms with Gasteiger partial charge in [0.1, 0.15) is 24.3 Å². The number of primary amides is 1. The molecule has 0 saturated heterocycles. The SMILES string of the molecule is CCCCOC(=O)[C@@H](COCc1ccccc1)NC(=O)N[C@H](CC(N)=O)C(=O)N(C)NC(=O)[C@H](NC(=O)COCCOCCNC(=O)OC(C)(C)C)C(C)OCCCC. The number of likely N-dealkylation sites (N-methyl/N-ethyl adjacent to an activating group) is 1. The maximum atomic E-state index is 13.5. The van der Waals surface area contributed by atoms with Crippen molar-refractivity contribution in [3.8, 4) is 0 Å². The number of urea groups is 1. The highest BCUT2D eigenvalue weighted by atomic mass is 16.6. The van der Waals surface area contributed by atoms with Gasteiger partial charge in [-0.15, -0.1) is 0 Å². The smallest absolute Gasteiger partial charge is 0.407 e. The number of hydrogen-bond donors (Lipinski definition) is 6. The Kier molecular flexibility index (Phi) is 25.7. The molecule has 20 heteroatoms. The van der Waals surface area contributed by atoms with Gasteiger partial charge in [-0.2, -0.15) is 0 Å². The molecule has 0 aliphatic carbocycles. The minimum atomic E-state index is -1.59. The third-order valence-electron chi connectivity index (χ3n) is 7.81. The molecule has 0 bridgehead atoms. The van der Waals surface area contributed by atoms with E-state index >= 15 is 0 Å². The van der Waals surface area contributed by atoms with Crippen LogP contribution in [-0.4, -0.2) is 136 Å². The summed E-state index contributed by atoms with van der Waals surface area (Å²) >= 11 is 0. The predicted octanol–water partition coefficient (Wildman–Crippen LogP) is 1.20. The second-order valence-corrected chi connectivity index (χ2v) is 14.4. The standard InChI is InChI=1S/C39H65N7O13/c1-8-10-18-57-27(3)33(44-32(48)26-55-22-21-54-20-17-41-38(53)59-39(4,5)6)34(49)45-46(7)35(50)29(23-31(40)47)42-37(52)43-30(36(51)58-19-11-9-2)25-56-24-28-15-13-12-14-16-28/h12-16,27,29-30,33H,8-11,17-26H2,1-7H3,(H2,40,47)(H,41,53)(H,44,48)(H,45,49)(H2,42,43,52)/t27?,29-,30-,33-/m1/s1. The van der Waals surface area contributed by atoms with E-state index in [-0.39, 0.29) is 52.8 Å². The molecule has 1 unspecified atom stereocenters. The summed E-state index contributed by atoms with van der Waals surface area (Å²) in [5.74, 6) is -4.19. The van der Waals surface area contributed by atoms with E-state index in [0.717, 1.165) is 23.4 Å². The maximum absolute atomic E-state index is 13.5. The average Bonchev–Trinajstić information content (AvgIpc) is 3.16. The molecule has 59 heavy (non-hydrogen) atoms. The van der Waals surface area contributed by atoms with Crippen molar-refractivity contribution in [3.63, 3.8) is 0 Å². The Hall–Kier alpha value is -5.05. The highest BCUT2D eigenvalue weighted by Crippen LogP contribution is 2.07. The highest BCUT2D eigenvalue weighted by Gasteiger charge is 2.33. The zero-order valence-electron chi connectivity index (χ0n) is 35.4. The third-order valence-corrected chi connectivity index (χ3v) is 7.81. The van der Waals surface area contributed by atoms with Gasteiger partial charge in [0.25, 0.3) is 11.8 Å². The number of nitrogens with two attached hydrogens (primary N) is 1. The molecule has 0 fully saturated rings. The van der Waals surface area contributed by atoms with E-state index in [4.69, 9.17) is 34.2 Å². The molecule has 0 spiro atoms. The minimum Gasteiger partial charge on any atom is -0.464 e. The lowest BCUT2D eigenvalue weighted by Gasteiger charge is -2.29. The third kappa shape index (κ3) is 24.5. The lowest BCUT2D eigenvalue weighted by atomic mass is 10.1. The number of nitrogens with one attached hydrogen (secondary N) is 5. The van der Waals surface area contributed by atoms with Crippen molar-refractivity contribution in [2.45, 2.75) is 110 Å². The molecule has 1 aromatic carbocycles. The van der Waals surface area contributed by atoms with Gasteiger partial charge in [0.05, 0.1) is 52.2 Å². The number of ether oxygens (including phenoxy) is 6. The molecule has 7 N–H and O–H groups in total. The first-order chi connectivity index (χ1) is 28.0. The van der Waals surface area contributed by atoms with Crippen LogP contribution in [0, 0.1) is 0 Å². The monoisotopic (exact) mass is 839 g/mol. The maximum Gasteiger partial charge on any atom is 0.407 e. The summed E-state index contributed by atoms with van der Waals surface area (Å²) in [5, 5.41) is 10.6. The van der Waals surface area contributed by atoms with Crippen molar-refractivity contribution < 1.29 is 62.0 Å². The van der Waals surface area contributed by atoms with E-state index in [1.165, 1.54) is 7.05 Å². The van der Waals surface area contributed by atoms with E-state index in [0.29, 0.717) is 12.8 Å². The molecule has 1 rings (SSSR count). The molecule has 0 heterocycles. The van der Waals surface area contributed by atoms with Crippen LogP contribution < -0.4 is 32.4 Å². The first-order valence-corrected chi connectivity index (χ1v) is 19.7. The van der Waals surface area contributed by atoms with E-state index in [1.807, 2.05) is 44.2 Å². The molecule has 0 aromatic heterocycles. The van der Waals surface area contributed by atoms with Crippen LogP contribution in [0.3, 0.4) is 0 Å². The fraction of sp³-hybridized carbons (Fsp3) is 0.667. The molecule has 0 aliphatic heterocycles. The van der Waals surface area contributed by atoms with Crippen LogP contribution in [0.2, 0.25) is 0 Å². The normalized spacial score (nSPS) is 13.1. The second-order valence-electron chi connectivity index (χ2n) is 14.4. The number of benzene rings is 1. The summed E-state index contributed by atoms with van der Waals surface area (Å²) in [6.07, 6.45) is 0.746. The summed E-state index contributed by atoms with van der Waals surface area (Å²) in [4.78, 5) is 89.6. The van der Waals surface area contributed by atoms with Crippen molar-refractivity contribution in [2.75, 3.05) is 59.8 Å². The summed E-state index contributed by atoms with van der Waals surface area (Å²) in [6, 6.07) is 3.94. The average molecular weight is 840 g/mol. The highest BCUT2D eigenvalue weighted by molar-refractivity contribution is 5.94. The number of hydrogen-bond acceptors (Lipinski definition) is 13. The molecule has 7 amide bonds. The van der Waals surface area contributed by atoms with Gasteiger partial charge in [0.15, 0.2) is 6.04 Å². The number of rotatable bonds is 28. The van der Waals surface area contributed by atoms with Crippen LogP contribution in [0.25, 0.3) is 0 Å². The fourth-order valence-electron chi connectivity index (χ4n) is 4.78. The number of alkyl carbamates (subject to hydrolysis) is 1. The molecule has 0 aliphatic rings. The largest absolute Gasteiger partial charge is 0.464 e. The number of carbonyl (C=O) groups is 7. The molecule has 0 saturated carbocycles. The zero-order chi connectivity index (χ0) is 44.2. The van der Waals surface area contributed by atoms with E-state index < -0.39 is 84.6 Å². The van der Waals surface area contributed by atoms with Crippen molar-refractivity contribution in [1.82, 2.24) is 31.7 Å². The number of unbranched alkanes of at least 4 members (excludes halogenated alkanes) is 2. The molecular weight excluding hydrogens is 774 g/mol. The van der Waals surface area contributed by atoms with Crippen LogP contribution in [0.5, 0.6) is 0 Å². The number of esters is 1. The van der Waals surface area contributed by atoms with Crippen LogP contribution in [-0.2, 0) is 59.0 Å². The van der Waals surface area contributed by atoms with Crippen molar-refractivity contribution in [2.24, 2.45) is 5.73 Å². The van der Waals surface area contributed by atoms with E-state index in [1.54, 1.807) is 27.7 Å². The summed E-state index contributed by atoms with van der Waals surface area (Å²) < 4.78 is 32.6. The summed E-state index contributed by atoms with van der Waals surface area (Å²) in [6.45, 7) is 11.0. The first-order valence-electron chi connectivity index (χ1n) is 19.7. The minimum absolute atomic E-state index is 0.0276. The quantitative estimate of drug-likeness (QED) is 0.0394. The number of amides is 7. The molecule has 4 atom stereocenters. The van der Waals surface area contributed by atoms with Gasteiger partial charge in [0, 0.05) is 20.2 Å².